The Kier molecular flexibility index (Phi) is 7.48. The summed E-state index contributed by atoms with van der Waals surface area (Å²) >= 11 is 0. The maximum atomic E-state index is 12.2. The molecule has 1 aliphatic rings. The van der Waals surface area contributed by atoms with E-state index in [0.717, 1.165) is 32.3 Å². The number of azide groups is 1. The number of nitrogens with zero attached hydrogens (tertiary/aromatic N) is 4. The number of carbonyl (C=O) groups is 1. The highest BCUT2D eigenvalue weighted by Gasteiger charge is 2.27. The van der Waals surface area contributed by atoms with Gasteiger partial charge in [0.25, 0.3) is 0 Å². The van der Waals surface area contributed by atoms with Crippen LogP contribution in [0.2, 0.25) is 0 Å². The second-order valence-corrected chi connectivity index (χ2v) is 6.83. The Balaban J connectivity index is 2.68. The van der Waals surface area contributed by atoms with Gasteiger partial charge in [0.15, 0.2) is 0 Å². The molecular formula is C15H28N4O3. The summed E-state index contributed by atoms with van der Waals surface area (Å²) in [5.41, 5.74) is 8.03. The lowest BCUT2D eigenvalue weighted by Gasteiger charge is -2.31. The van der Waals surface area contributed by atoms with Gasteiger partial charge in [-0.2, -0.15) is 0 Å². The van der Waals surface area contributed by atoms with Gasteiger partial charge in [0.05, 0.1) is 0 Å². The van der Waals surface area contributed by atoms with Crippen molar-refractivity contribution < 1.29 is 14.3 Å². The minimum atomic E-state index is -0.542. The minimum absolute atomic E-state index is 0.169. The fourth-order valence-corrected chi connectivity index (χ4v) is 2.51. The Hall–Kier alpha value is -1.46. The topological polar surface area (TPSA) is 87.5 Å². The molecule has 22 heavy (non-hydrogen) atoms. The Morgan fingerprint density at radius 3 is 2.86 bits per heavy atom. The molecule has 1 saturated heterocycles. The van der Waals surface area contributed by atoms with Gasteiger partial charge in [0, 0.05) is 37.8 Å². The van der Waals surface area contributed by atoms with Crippen LogP contribution in [0, 0.1) is 5.92 Å². The largest absolute Gasteiger partial charge is 0.444 e. The van der Waals surface area contributed by atoms with Crippen LogP contribution in [0.15, 0.2) is 5.11 Å². The predicted octanol–water partition coefficient (Wildman–Crippen LogP) is 3.74. The van der Waals surface area contributed by atoms with Crippen molar-refractivity contribution in [3.8, 4) is 0 Å². The number of amides is 1. The Morgan fingerprint density at radius 1 is 1.50 bits per heavy atom. The third-order valence-electron chi connectivity index (χ3n) is 3.69. The summed E-state index contributed by atoms with van der Waals surface area (Å²) in [5, 5.41) is 3.65. The third kappa shape index (κ3) is 7.00. The minimum Gasteiger partial charge on any atom is -0.444 e. The van der Waals surface area contributed by atoms with E-state index in [0.29, 0.717) is 12.5 Å². The van der Waals surface area contributed by atoms with E-state index in [1.54, 1.807) is 11.9 Å². The maximum absolute atomic E-state index is 12.2. The van der Waals surface area contributed by atoms with Crippen molar-refractivity contribution >= 4 is 6.09 Å². The van der Waals surface area contributed by atoms with Crippen molar-refractivity contribution in [2.75, 3.05) is 26.8 Å². The molecule has 1 aliphatic heterocycles. The van der Waals surface area contributed by atoms with Gasteiger partial charge < -0.3 is 14.4 Å². The van der Waals surface area contributed by atoms with Gasteiger partial charge >= 0.3 is 6.09 Å². The first-order chi connectivity index (χ1) is 10.3. The molecule has 2 unspecified atom stereocenters. The summed E-state index contributed by atoms with van der Waals surface area (Å²) in [4.78, 5) is 16.6. The second-order valence-electron chi connectivity index (χ2n) is 6.83. The van der Waals surface area contributed by atoms with E-state index in [2.05, 4.69) is 10.0 Å². The summed E-state index contributed by atoms with van der Waals surface area (Å²) in [5.74, 6) is 0.381. The number of ether oxygens (including phenoxy) is 2. The maximum Gasteiger partial charge on any atom is 0.410 e. The molecule has 1 fully saturated rings. The Labute approximate surface area is 132 Å². The zero-order chi connectivity index (χ0) is 16.6. The third-order valence-corrected chi connectivity index (χ3v) is 3.69. The first-order valence-corrected chi connectivity index (χ1v) is 7.88. The number of likely N-dealkylation sites (N-methyl/N-ethyl adjacent to an activating group) is 1. The molecule has 0 aromatic carbocycles. The average Bonchev–Trinajstić information content (AvgIpc) is 2.69. The summed E-state index contributed by atoms with van der Waals surface area (Å²) < 4.78 is 11.0. The van der Waals surface area contributed by atoms with Crippen LogP contribution in [-0.2, 0) is 9.47 Å². The number of rotatable bonds is 5. The molecule has 0 aromatic heterocycles. The highest BCUT2D eigenvalue weighted by atomic mass is 16.6. The van der Waals surface area contributed by atoms with Crippen LogP contribution in [0.25, 0.3) is 10.4 Å². The molecule has 0 spiro atoms. The van der Waals surface area contributed by atoms with Crippen molar-refractivity contribution in [1.29, 1.82) is 0 Å². The Morgan fingerprint density at radius 2 is 2.23 bits per heavy atom. The monoisotopic (exact) mass is 312 g/mol. The molecule has 0 aliphatic carbocycles. The van der Waals surface area contributed by atoms with Crippen molar-refractivity contribution in [1.82, 2.24) is 4.90 Å². The van der Waals surface area contributed by atoms with Gasteiger partial charge in [0.1, 0.15) is 5.60 Å². The molecule has 1 rings (SSSR count). The Bertz CT molecular complexity index is 394. The number of hydrogen-bond donors (Lipinski definition) is 0. The number of hydrogen-bond acceptors (Lipinski definition) is 4. The van der Waals surface area contributed by atoms with Crippen LogP contribution in [0.3, 0.4) is 0 Å². The normalized spacial score (nSPS) is 20.5. The molecule has 0 bridgehead atoms. The van der Waals surface area contributed by atoms with Crippen molar-refractivity contribution in [3.05, 3.63) is 10.4 Å². The molecule has 0 N–H and O–H groups in total. The highest BCUT2D eigenvalue weighted by Crippen LogP contribution is 2.22. The molecule has 1 amide bonds. The van der Waals surface area contributed by atoms with Crippen molar-refractivity contribution in [3.63, 3.8) is 0 Å². The first kappa shape index (κ1) is 18.6. The molecule has 7 nitrogen and oxygen atoms in total. The zero-order valence-corrected chi connectivity index (χ0v) is 14.1. The molecule has 1 heterocycles. The average molecular weight is 312 g/mol. The van der Waals surface area contributed by atoms with Gasteiger partial charge in [0.2, 0.25) is 0 Å². The lowest BCUT2D eigenvalue weighted by molar-refractivity contribution is 0.0188. The fourth-order valence-electron chi connectivity index (χ4n) is 2.51. The summed E-state index contributed by atoms with van der Waals surface area (Å²) in [6.07, 6.45) is 3.67. The van der Waals surface area contributed by atoms with Crippen LogP contribution in [0.4, 0.5) is 4.79 Å². The fraction of sp³-hybridized carbons (Fsp3) is 0.933. The van der Waals surface area contributed by atoms with Gasteiger partial charge in [-0.3, -0.25) is 0 Å². The first-order valence-electron chi connectivity index (χ1n) is 7.88. The molecule has 7 heteroatoms. The second kappa shape index (κ2) is 8.86. The molecule has 126 valence electrons. The zero-order valence-electron chi connectivity index (χ0n) is 14.1. The van der Waals surface area contributed by atoms with Crippen molar-refractivity contribution in [2.24, 2.45) is 11.0 Å². The molecule has 0 radical (unpaired) electrons. The summed E-state index contributed by atoms with van der Waals surface area (Å²) in [6, 6.07) is -0.169. The molecule has 2 atom stereocenters. The van der Waals surface area contributed by atoms with E-state index in [9.17, 15) is 4.79 Å². The quantitative estimate of drug-likeness (QED) is 0.440. The summed E-state index contributed by atoms with van der Waals surface area (Å²) in [6.45, 7) is 7.26. The predicted molar refractivity (Wildman–Crippen MR) is 84.6 cm³/mol. The summed E-state index contributed by atoms with van der Waals surface area (Å²) in [7, 11) is 1.70. The van der Waals surface area contributed by atoms with Gasteiger partial charge in [-0.1, -0.05) is 11.5 Å². The van der Waals surface area contributed by atoms with E-state index in [-0.39, 0.29) is 18.7 Å². The highest BCUT2D eigenvalue weighted by molar-refractivity contribution is 5.68. The van der Waals surface area contributed by atoms with Crippen molar-refractivity contribution in [2.45, 2.75) is 58.1 Å². The van der Waals surface area contributed by atoms with Crippen LogP contribution >= 0.6 is 0 Å². The SMILES string of the molecule is CN(C(=O)OC(C)(C)C)C(CN=[N+]=[N-])CC1CCCCOC1. The number of carbonyl (C=O) groups excluding carboxylic acids is 1. The van der Waals surface area contributed by atoms with Crippen LogP contribution in [0.5, 0.6) is 0 Å². The molecule has 0 aromatic rings. The van der Waals surface area contributed by atoms with E-state index in [4.69, 9.17) is 15.0 Å². The van der Waals surface area contributed by atoms with E-state index >= 15 is 0 Å². The van der Waals surface area contributed by atoms with Gasteiger partial charge in [-0.25, -0.2) is 4.79 Å². The van der Waals surface area contributed by atoms with E-state index in [1.807, 2.05) is 20.8 Å². The standard InChI is InChI=1S/C15H28N4O3/c1-15(2,3)22-14(20)19(4)13(10-17-18-16)9-12-7-5-6-8-21-11-12/h12-13H,5-11H2,1-4H3. The van der Waals surface area contributed by atoms with Crippen LogP contribution in [0.1, 0.15) is 46.5 Å². The molecular weight excluding hydrogens is 284 g/mol. The molecule has 0 saturated carbocycles. The van der Waals surface area contributed by atoms with E-state index < -0.39 is 5.60 Å². The van der Waals surface area contributed by atoms with E-state index in [1.165, 1.54) is 0 Å². The lowest BCUT2D eigenvalue weighted by atomic mass is 9.95. The lowest BCUT2D eigenvalue weighted by Crippen LogP contribution is -2.43. The van der Waals surface area contributed by atoms with Crippen LogP contribution < -0.4 is 0 Å². The van der Waals surface area contributed by atoms with Crippen LogP contribution in [-0.4, -0.2) is 49.4 Å². The van der Waals surface area contributed by atoms with Gasteiger partial charge in [-0.05, 0) is 51.5 Å². The van der Waals surface area contributed by atoms with Gasteiger partial charge in [-0.15, -0.1) is 0 Å². The smallest absolute Gasteiger partial charge is 0.410 e.